The van der Waals surface area contributed by atoms with Crippen LogP contribution in [0.4, 0.5) is 5.69 Å². The fourth-order valence-corrected chi connectivity index (χ4v) is 2.69. The van der Waals surface area contributed by atoms with Crippen LogP contribution >= 0.6 is 27.5 Å². The van der Waals surface area contributed by atoms with Crippen LogP contribution in [0.2, 0.25) is 5.02 Å². The van der Waals surface area contributed by atoms with Crippen molar-refractivity contribution in [3.63, 3.8) is 0 Å². The maximum Gasteiger partial charge on any atom is 0.257 e. The van der Waals surface area contributed by atoms with Crippen LogP contribution in [0.25, 0.3) is 0 Å². The third-order valence-corrected chi connectivity index (χ3v) is 4.87. The monoisotopic (exact) mass is 388 g/mol. The molecular formula is C13H10BrClN2O3S. The Hall–Kier alpha value is -1.44. The second-order valence-electron chi connectivity index (χ2n) is 4.21. The number of pyridine rings is 1. The standard InChI is InChI=1S/C13H10BrClN2O3S/c1-21(19,20)11-6-5-8(7-16-11)17-13(18)9-3-2-4-10(14)12(9)15/h2-7H,1H3,(H,17,18). The zero-order chi connectivity index (χ0) is 15.6. The molecule has 5 nitrogen and oxygen atoms in total. The van der Waals surface area contributed by atoms with Crippen LogP contribution in [-0.2, 0) is 9.84 Å². The molecule has 110 valence electrons. The number of carbonyl (C=O) groups is 1. The first kappa shape index (κ1) is 15.9. The summed E-state index contributed by atoms with van der Waals surface area (Å²) in [6.45, 7) is 0. The summed E-state index contributed by atoms with van der Waals surface area (Å²) >= 11 is 9.28. The van der Waals surface area contributed by atoms with Gasteiger partial charge in [0.05, 0.1) is 22.5 Å². The van der Waals surface area contributed by atoms with Crippen LogP contribution in [0, 0.1) is 0 Å². The number of nitrogens with one attached hydrogen (secondary N) is 1. The lowest BCUT2D eigenvalue weighted by atomic mass is 10.2. The van der Waals surface area contributed by atoms with Crippen molar-refractivity contribution in [3.05, 3.63) is 51.6 Å². The molecule has 21 heavy (non-hydrogen) atoms. The van der Waals surface area contributed by atoms with Gasteiger partial charge < -0.3 is 5.32 Å². The Morgan fingerprint density at radius 3 is 2.57 bits per heavy atom. The molecule has 2 aromatic rings. The number of sulfone groups is 1. The van der Waals surface area contributed by atoms with Crippen molar-refractivity contribution in [1.82, 2.24) is 4.98 Å². The van der Waals surface area contributed by atoms with E-state index in [2.05, 4.69) is 26.2 Å². The lowest BCUT2D eigenvalue weighted by Crippen LogP contribution is -2.13. The molecule has 2 rings (SSSR count). The van der Waals surface area contributed by atoms with Crippen molar-refractivity contribution >= 4 is 49.0 Å². The number of rotatable bonds is 3. The van der Waals surface area contributed by atoms with E-state index in [0.29, 0.717) is 20.7 Å². The summed E-state index contributed by atoms with van der Waals surface area (Å²) in [6, 6.07) is 7.79. The molecule has 1 aromatic carbocycles. The molecule has 0 saturated heterocycles. The average molecular weight is 390 g/mol. The minimum absolute atomic E-state index is 0.0546. The van der Waals surface area contributed by atoms with Crippen LogP contribution in [0.3, 0.4) is 0 Å². The van der Waals surface area contributed by atoms with Crippen LogP contribution in [-0.4, -0.2) is 25.6 Å². The highest BCUT2D eigenvalue weighted by Gasteiger charge is 2.13. The Labute approximate surface area is 135 Å². The summed E-state index contributed by atoms with van der Waals surface area (Å²) in [4.78, 5) is 15.9. The molecule has 0 spiro atoms. The quantitative estimate of drug-likeness (QED) is 0.875. The molecule has 0 aliphatic rings. The van der Waals surface area contributed by atoms with Gasteiger partial charge in [0, 0.05) is 10.7 Å². The highest BCUT2D eigenvalue weighted by Crippen LogP contribution is 2.26. The lowest BCUT2D eigenvalue weighted by molar-refractivity contribution is 0.102. The maximum absolute atomic E-state index is 12.1. The van der Waals surface area contributed by atoms with Gasteiger partial charge in [-0.2, -0.15) is 0 Å². The van der Waals surface area contributed by atoms with Gasteiger partial charge in [-0.15, -0.1) is 0 Å². The summed E-state index contributed by atoms with van der Waals surface area (Å²) in [7, 11) is -3.36. The number of carbonyl (C=O) groups excluding carboxylic acids is 1. The van der Waals surface area contributed by atoms with E-state index >= 15 is 0 Å². The Kier molecular flexibility index (Phi) is 4.65. The smallest absolute Gasteiger partial charge is 0.257 e. The molecule has 0 saturated carbocycles. The van der Waals surface area contributed by atoms with Crippen LogP contribution in [0.15, 0.2) is 46.0 Å². The first-order valence-corrected chi connectivity index (χ1v) is 8.77. The number of hydrogen-bond donors (Lipinski definition) is 1. The second kappa shape index (κ2) is 6.13. The highest BCUT2D eigenvalue weighted by atomic mass is 79.9. The predicted octanol–water partition coefficient (Wildman–Crippen LogP) is 3.15. The van der Waals surface area contributed by atoms with Crippen molar-refractivity contribution in [1.29, 1.82) is 0 Å². The number of hydrogen-bond acceptors (Lipinski definition) is 4. The van der Waals surface area contributed by atoms with Crippen LogP contribution in [0.1, 0.15) is 10.4 Å². The number of benzene rings is 1. The van der Waals surface area contributed by atoms with Gasteiger partial charge in [-0.05, 0) is 40.2 Å². The third kappa shape index (κ3) is 3.81. The summed E-state index contributed by atoms with van der Waals surface area (Å²) in [5.74, 6) is -0.407. The van der Waals surface area contributed by atoms with Gasteiger partial charge in [-0.25, -0.2) is 13.4 Å². The van der Waals surface area contributed by atoms with E-state index in [1.54, 1.807) is 18.2 Å². The van der Waals surface area contributed by atoms with Gasteiger partial charge in [0.1, 0.15) is 0 Å². The molecule has 0 aliphatic carbocycles. The zero-order valence-electron chi connectivity index (χ0n) is 10.8. The fraction of sp³-hybridized carbons (Fsp3) is 0.0769. The molecule has 0 unspecified atom stereocenters. The maximum atomic E-state index is 12.1. The van der Waals surface area contributed by atoms with Gasteiger partial charge in [-0.1, -0.05) is 17.7 Å². The Morgan fingerprint density at radius 1 is 1.29 bits per heavy atom. The van der Waals surface area contributed by atoms with Gasteiger partial charge in [0.15, 0.2) is 14.9 Å². The van der Waals surface area contributed by atoms with Crippen molar-refractivity contribution in [2.75, 3.05) is 11.6 Å². The molecule has 0 atom stereocenters. The summed E-state index contributed by atoms with van der Waals surface area (Å²) < 4.78 is 23.2. The molecule has 1 N–H and O–H groups in total. The number of aromatic nitrogens is 1. The third-order valence-electron chi connectivity index (χ3n) is 2.57. The SMILES string of the molecule is CS(=O)(=O)c1ccc(NC(=O)c2cccc(Br)c2Cl)cn1. The van der Waals surface area contributed by atoms with E-state index in [-0.39, 0.29) is 5.03 Å². The summed E-state index contributed by atoms with van der Waals surface area (Å²) in [6.07, 6.45) is 2.34. The van der Waals surface area contributed by atoms with Gasteiger partial charge >= 0.3 is 0 Å². The highest BCUT2D eigenvalue weighted by molar-refractivity contribution is 9.10. The van der Waals surface area contributed by atoms with Crippen LogP contribution in [0.5, 0.6) is 0 Å². The van der Waals surface area contributed by atoms with E-state index in [1.807, 2.05) is 0 Å². The van der Waals surface area contributed by atoms with Gasteiger partial charge in [0.2, 0.25) is 0 Å². The van der Waals surface area contributed by atoms with Crippen molar-refractivity contribution in [2.45, 2.75) is 5.03 Å². The molecule has 0 radical (unpaired) electrons. The molecule has 1 amide bonds. The minimum Gasteiger partial charge on any atom is -0.321 e. The largest absolute Gasteiger partial charge is 0.321 e. The van der Waals surface area contributed by atoms with Crippen LogP contribution < -0.4 is 5.32 Å². The molecule has 1 aromatic heterocycles. The summed E-state index contributed by atoms with van der Waals surface area (Å²) in [5, 5.41) is 2.85. The first-order valence-electron chi connectivity index (χ1n) is 5.70. The second-order valence-corrected chi connectivity index (χ2v) is 7.41. The Balaban J connectivity index is 2.22. The van der Waals surface area contributed by atoms with Gasteiger partial charge in [0.25, 0.3) is 5.91 Å². The Morgan fingerprint density at radius 2 is 2.00 bits per heavy atom. The molecule has 8 heteroatoms. The zero-order valence-corrected chi connectivity index (χ0v) is 14.0. The van der Waals surface area contributed by atoms with E-state index < -0.39 is 15.7 Å². The van der Waals surface area contributed by atoms with Crippen molar-refractivity contribution in [2.24, 2.45) is 0 Å². The van der Waals surface area contributed by atoms with E-state index in [0.717, 1.165) is 6.26 Å². The lowest BCUT2D eigenvalue weighted by Gasteiger charge is -2.07. The first-order chi connectivity index (χ1) is 9.79. The molecule has 1 heterocycles. The normalized spacial score (nSPS) is 11.2. The van der Waals surface area contributed by atoms with Crippen molar-refractivity contribution in [3.8, 4) is 0 Å². The summed E-state index contributed by atoms with van der Waals surface area (Å²) in [5.41, 5.74) is 0.682. The molecule has 0 fully saturated rings. The molecular weight excluding hydrogens is 380 g/mol. The van der Waals surface area contributed by atoms with Gasteiger partial charge in [-0.3, -0.25) is 4.79 Å². The van der Waals surface area contributed by atoms with E-state index in [9.17, 15) is 13.2 Å². The molecule has 0 bridgehead atoms. The van der Waals surface area contributed by atoms with Crippen molar-refractivity contribution < 1.29 is 13.2 Å². The Bertz CT molecular complexity index is 792. The number of anilines is 1. The van der Waals surface area contributed by atoms with E-state index in [1.165, 1.54) is 18.3 Å². The topological polar surface area (TPSA) is 76.1 Å². The number of halogens is 2. The number of amides is 1. The minimum atomic E-state index is -3.36. The predicted molar refractivity (Wildman–Crippen MR) is 84.5 cm³/mol. The number of nitrogens with zero attached hydrogens (tertiary/aromatic N) is 1. The fourth-order valence-electron chi connectivity index (χ4n) is 1.55. The van der Waals surface area contributed by atoms with E-state index in [4.69, 9.17) is 11.6 Å². The average Bonchev–Trinajstić information content (AvgIpc) is 2.41. The molecule has 0 aliphatic heterocycles.